The third-order valence-electron chi connectivity index (χ3n) is 2.32. The maximum atomic E-state index is 12.3. The van der Waals surface area contributed by atoms with Gasteiger partial charge in [0, 0.05) is 0 Å². The van der Waals surface area contributed by atoms with Crippen LogP contribution in [0, 0.1) is 0 Å². The topological polar surface area (TPSA) is 21.6 Å². The normalized spacial score (nSPS) is 17.1. The molecule has 0 fully saturated rings. The summed E-state index contributed by atoms with van der Waals surface area (Å²) in [5, 5.41) is 0. The number of hydrogen-bond acceptors (Lipinski definition) is 2. The second kappa shape index (κ2) is 4.25. The van der Waals surface area contributed by atoms with Crippen LogP contribution in [0.25, 0.3) is 0 Å². The van der Waals surface area contributed by atoms with E-state index in [-0.39, 0.29) is 0 Å². The average Bonchev–Trinajstić information content (AvgIpc) is 2.29. The van der Waals surface area contributed by atoms with Gasteiger partial charge >= 0.3 is 6.18 Å². The minimum atomic E-state index is -4.29. The van der Waals surface area contributed by atoms with Crippen molar-refractivity contribution in [2.24, 2.45) is 4.99 Å². The summed E-state index contributed by atoms with van der Waals surface area (Å²) in [5.74, 6) is 0. The van der Waals surface area contributed by atoms with Crippen molar-refractivity contribution in [1.29, 1.82) is 0 Å². The van der Waals surface area contributed by atoms with Crippen LogP contribution in [-0.2, 0) is 10.9 Å². The highest BCUT2D eigenvalue weighted by Crippen LogP contribution is 2.29. The fraction of sp³-hybridized carbons (Fsp3) is 0.364. The van der Waals surface area contributed by atoms with E-state index in [0.717, 1.165) is 12.1 Å². The molecule has 0 aliphatic carbocycles. The molecule has 16 heavy (non-hydrogen) atoms. The summed E-state index contributed by atoms with van der Waals surface area (Å²) in [6.45, 7) is 1.51. The minimum absolute atomic E-state index is 0.366. The number of nitrogens with zero attached hydrogens (tertiary/aromatic N) is 1. The molecule has 0 aromatic heterocycles. The molecule has 0 radical (unpaired) electrons. The Morgan fingerprint density at radius 2 is 1.81 bits per heavy atom. The number of benzene rings is 1. The zero-order valence-corrected chi connectivity index (χ0v) is 8.42. The van der Waals surface area contributed by atoms with E-state index in [1.807, 2.05) is 0 Å². The van der Waals surface area contributed by atoms with E-state index in [4.69, 9.17) is 4.74 Å². The highest BCUT2D eigenvalue weighted by atomic mass is 19.4. The van der Waals surface area contributed by atoms with E-state index in [1.54, 1.807) is 0 Å². The molecule has 0 amide bonds. The summed E-state index contributed by atoms with van der Waals surface area (Å²) in [7, 11) is 0. The molecule has 1 heterocycles. The van der Waals surface area contributed by atoms with Gasteiger partial charge in [0.15, 0.2) is 0 Å². The van der Waals surface area contributed by atoms with Gasteiger partial charge in [-0.2, -0.15) is 13.2 Å². The summed E-state index contributed by atoms with van der Waals surface area (Å²) in [5.41, 5.74) is 0.751. The molecule has 0 unspecified atom stereocenters. The zero-order valence-electron chi connectivity index (χ0n) is 8.42. The Morgan fingerprint density at radius 3 is 2.31 bits per heavy atom. The van der Waals surface area contributed by atoms with E-state index in [2.05, 4.69) is 4.99 Å². The first kappa shape index (κ1) is 11.1. The number of alkyl halides is 3. The van der Waals surface area contributed by atoms with Gasteiger partial charge in [-0.05, 0) is 17.7 Å². The summed E-state index contributed by atoms with van der Waals surface area (Å²) in [4.78, 5) is 4.20. The maximum absolute atomic E-state index is 12.3. The first-order valence-electron chi connectivity index (χ1n) is 4.86. The van der Waals surface area contributed by atoms with Crippen LogP contribution in [0.5, 0.6) is 0 Å². The van der Waals surface area contributed by atoms with Crippen molar-refractivity contribution in [3.8, 4) is 0 Å². The van der Waals surface area contributed by atoms with Crippen molar-refractivity contribution in [3.05, 3.63) is 35.4 Å². The van der Waals surface area contributed by atoms with Gasteiger partial charge < -0.3 is 4.74 Å². The third kappa shape index (κ3) is 2.41. The van der Waals surface area contributed by atoms with Crippen LogP contribution in [0.2, 0.25) is 0 Å². The Kier molecular flexibility index (Phi) is 2.96. The van der Waals surface area contributed by atoms with Crippen molar-refractivity contribution >= 4 is 5.71 Å². The van der Waals surface area contributed by atoms with Gasteiger partial charge in [0.1, 0.15) is 0 Å². The van der Waals surface area contributed by atoms with Gasteiger partial charge in [-0.25, -0.2) is 0 Å². The van der Waals surface area contributed by atoms with Gasteiger partial charge in [0.05, 0.1) is 31.0 Å². The summed E-state index contributed by atoms with van der Waals surface area (Å²) >= 11 is 0. The van der Waals surface area contributed by atoms with Crippen LogP contribution in [0.4, 0.5) is 13.2 Å². The fourth-order valence-electron chi connectivity index (χ4n) is 1.49. The number of rotatable bonds is 1. The van der Waals surface area contributed by atoms with E-state index in [0.29, 0.717) is 31.0 Å². The lowest BCUT2D eigenvalue weighted by Crippen LogP contribution is -2.19. The monoisotopic (exact) mass is 229 g/mol. The molecular formula is C11H10F3NO. The molecular weight excluding hydrogens is 219 g/mol. The highest BCUT2D eigenvalue weighted by Gasteiger charge is 2.30. The van der Waals surface area contributed by atoms with E-state index in [9.17, 15) is 13.2 Å². The number of hydrogen-bond donors (Lipinski definition) is 0. The third-order valence-corrected chi connectivity index (χ3v) is 2.32. The maximum Gasteiger partial charge on any atom is 0.416 e. The van der Waals surface area contributed by atoms with Crippen LogP contribution >= 0.6 is 0 Å². The molecule has 2 nitrogen and oxygen atoms in total. The molecule has 1 aliphatic rings. The van der Waals surface area contributed by atoms with Gasteiger partial charge in [-0.15, -0.1) is 0 Å². The van der Waals surface area contributed by atoms with Crippen LogP contribution in [0.15, 0.2) is 29.3 Å². The Bertz CT molecular complexity index is 395. The highest BCUT2D eigenvalue weighted by molar-refractivity contribution is 6.01. The van der Waals surface area contributed by atoms with Crippen molar-refractivity contribution in [1.82, 2.24) is 0 Å². The molecule has 0 spiro atoms. The first-order valence-corrected chi connectivity index (χ1v) is 4.86. The Morgan fingerprint density at radius 1 is 1.12 bits per heavy atom. The van der Waals surface area contributed by atoms with Gasteiger partial charge in [0.25, 0.3) is 0 Å². The molecule has 1 aromatic rings. The van der Waals surface area contributed by atoms with Crippen LogP contribution < -0.4 is 0 Å². The fourth-order valence-corrected chi connectivity index (χ4v) is 1.49. The van der Waals surface area contributed by atoms with Gasteiger partial charge in [-0.1, -0.05) is 12.1 Å². The molecule has 86 valence electrons. The van der Waals surface area contributed by atoms with Crippen LogP contribution in [0.3, 0.4) is 0 Å². The molecule has 0 atom stereocenters. The summed E-state index contributed by atoms with van der Waals surface area (Å²) < 4.78 is 42.1. The molecule has 1 aromatic carbocycles. The SMILES string of the molecule is FC(F)(F)c1ccc(C2=NCCOC2)cc1. The Balaban J connectivity index is 2.22. The van der Waals surface area contributed by atoms with Crippen molar-refractivity contribution in [2.75, 3.05) is 19.8 Å². The second-order valence-electron chi connectivity index (χ2n) is 3.46. The quantitative estimate of drug-likeness (QED) is 0.725. The number of aliphatic imine (C=N–C) groups is 1. The largest absolute Gasteiger partial charge is 0.416 e. The van der Waals surface area contributed by atoms with E-state index < -0.39 is 11.7 Å². The van der Waals surface area contributed by atoms with E-state index >= 15 is 0 Å². The van der Waals surface area contributed by atoms with Crippen LogP contribution in [0.1, 0.15) is 11.1 Å². The molecule has 0 N–H and O–H groups in total. The smallest absolute Gasteiger partial charge is 0.373 e. The Labute approximate surface area is 90.8 Å². The molecule has 1 aliphatic heterocycles. The lowest BCUT2D eigenvalue weighted by Gasteiger charge is -2.13. The van der Waals surface area contributed by atoms with Crippen molar-refractivity contribution in [3.63, 3.8) is 0 Å². The number of ether oxygens (including phenoxy) is 1. The number of halogens is 3. The van der Waals surface area contributed by atoms with Crippen molar-refractivity contribution in [2.45, 2.75) is 6.18 Å². The lowest BCUT2D eigenvalue weighted by molar-refractivity contribution is -0.137. The average molecular weight is 229 g/mol. The zero-order chi connectivity index (χ0) is 11.6. The van der Waals surface area contributed by atoms with E-state index in [1.165, 1.54) is 12.1 Å². The summed E-state index contributed by atoms with van der Waals surface area (Å²) in [6, 6.07) is 4.98. The molecule has 0 bridgehead atoms. The lowest BCUT2D eigenvalue weighted by atomic mass is 10.1. The predicted molar refractivity (Wildman–Crippen MR) is 53.7 cm³/mol. The standard InChI is InChI=1S/C11H10F3NO/c12-11(13,14)9-3-1-8(2-4-9)10-7-16-6-5-15-10/h1-4H,5-7H2. The first-order chi connectivity index (χ1) is 7.57. The Hall–Kier alpha value is -1.36. The molecule has 0 saturated carbocycles. The minimum Gasteiger partial charge on any atom is -0.373 e. The van der Waals surface area contributed by atoms with Crippen LogP contribution in [-0.4, -0.2) is 25.5 Å². The summed E-state index contributed by atoms with van der Waals surface area (Å²) in [6.07, 6.45) is -4.29. The second-order valence-corrected chi connectivity index (χ2v) is 3.46. The predicted octanol–water partition coefficient (Wildman–Crippen LogP) is 2.52. The van der Waals surface area contributed by atoms with Gasteiger partial charge in [-0.3, -0.25) is 4.99 Å². The van der Waals surface area contributed by atoms with Crippen molar-refractivity contribution < 1.29 is 17.9 Å². The molecule has 2 rings (SSSR count). The molecule has 5 heteroatoms. The molecule has 0 saturated heterocycles. The van der Waals surface area contributed by atoms with Gasteiger partial charge in [0.2, 0.25) is 0 Å².